The van der Waals surface area contributed by atoms with Crippen LogP contribution in [0.25, 0.3) is 5.70 Å². The van der Waals surface area contributed by atoms with Crippen molar-refractivity contribution in [3.63, 3.8) is 0 Å². The molecule has 0 spiro atoms. The normalized spacial score (nSPS) is 15.6. The highest BCUT2D eigenvalue weighted by atomic mass is 15.1. The van der Waals surface area contributed by atoms with Gasteiger partial charge in [-0.15, -0.1) is 0 Å². The number of nitrogens with zero attached hydrogens (tertiary/aromatic N) is 2. The van der Waals surface area contributed by atoms with E-state index in [0.717, 1.165) is 23.5 Å². The highest BCUT2D eigenvalue weighted by Gasteiger charge is 2.02. The minimum atomic E-state index is 0.892. The van der Waals surface area contributed by atoms with Crippen molar-refractivity contribution in [1.29, 1.82) is 0 Å². The van der Waals surface area contributed by atoms with E-state index in [1.54, 1.807) is 0 Å². The number of H-pyrrole nitrogens is 1. The lowest BCUT2D eigenvalue weighted by Crippen LogP contribution is -1.80. The maximum absolute atomic E-state index is 4.30. The third-order valence-corrected chi connectivity index (χ3v) is 1.83. The first-order chi connectivity index (χ1) is 6.36. The fourth-order valence-corrected chi connectivity index (χ4v) is 1.19. The van der Waals surface area contributed by atoms with E-state index in [1.807, 2.05) is 31.4 Å². The SMILES string of the molecule is Cc1cc(C2=CC=CCC=N2)n[nH]1. The standard InChI is InChI=1S/C10H11N3/c1-8-7-10(13-12-8)9-5-3-2-4-6-11-9/h2-3,5-7H,4H2,1H3,(H,12,13). The zero-order valence-corrected chi connectivity index (χ0v) is 7.49. The van der Waals surface area contributed by atoms with Gasteiger partial charge in [0.2, 0.25) is 0 Å². The molecule has 2 rings (SSSR count). The highest BCUT2D eigenvalue weighted by molar-refractivity contribution is 5.75. The first-order valence-electron chi connectivity index (χ1n) is 4.28. The van der Waals surface area contributed by atoms with Crippen molar-refractivity contribution in [2.75, 3.05) is 0 Å². The van der Waals surface area contributed by atoms with Gasteiger partial charge in [0.15, 0.2) is 0 Å². The van der Waals surface area contributed by atoms with Gasteiger partial charge in [0.05, 0.1) is 5.70 Å². The Labute approximate surface area is 76.9 Å². The number of hydrogen-bond acceptors (Lipinski definition) is 2. The number of hydrogen-bond donors (Lipinski definition) is 1. The van der Waals surface area contributed by atoms with Gasteiger partial charge in [0.25, 0.3) is 0 Å². The topological polar surface area (TPSA) is 41.0 Å². The molecule has 1 aromatic heterocycles. The van der Waals surface area contributed by atoms with Gasteiger partial charge in [-0.1, -0.05) is 12.2 Å². The predicted molar refractivity (Wildman–Crippen MR) is 53.6 cm³/mol. The average Bonchev–Trinajstić information content (AvgIpc) is 2.43. The summed E-state index contributed by atoms with van der Waals surface area (Å²) >= 11 is 0. The van der Waals surface area contributed by atoms with Crippen molar-refractivity contribution in [1.82, 2.24) is 10.2 Å². The molecule has 3 heteroatoms. The molecule has 0 fully saturated rings. The molecule has 1 aliphatic heterocycles. The Balaban J connectivity index is 2.35. The molecule has 0 aliphatic carbocycles. The lowest BCUT2D eigenvalue weighted by atomic mass is 10.3. The first kappa shape index (κ1) is 7.98. The van der Waals surface area contributed by atoms with Crippen LogP contribution in [-0.4, -0.2) is 16.4 Å². The lowest BCUT2D eigenvalue weighted by Gasteiger charge is -1.91. The van der Waals surface area contributed by atoms with Crippen LogP contribution in [0, 0.1) is 6.92 Å². The molecule has 0 aromatic carbocycles. The smallest absolute Gasteiger partial charge is 0.111 e. The van der Waals surface area contributed by atoms with Crippen LogP contribution < -0.4 is 0 Å². The van der Waals surface area contributed by atoms with E-state index in [-0.39, 0.29) is 0 Å². The Morgan fingerprint density at radius 3 is 3.15 bits per heavy atom. The van der Waals surface area contributed by atoms with Crippen LogP contribution >= 0.6 is 0 Å². The summed E-state index contributed by atoms with van der Waals surface area (Å²) in [7, 11) is 0. The fourth-order valence-electron chi connectivity index (χ4n) is 1.19. The molecule has 1 aliphatic rings. The van der Waals surface area contributed by atoms with E-state index in [1.165, 1.54) is 0 Å². The predicted octanol–water partition coefficient (Wildman–Crippen LogP) is 2.09. The Morgan fingerprint density at radius 2 is 2.38 bits per heavy atom. The van der Waals surface area contributed by atoms with Gasteiger partial charge >= 0.3 is 0 Å². The zero-order valence-electron chi connectivity index (χ0n) is 7.49. The van der Waals surface area contributed by atoms with Crippen molar-refractivity contribution >= 4 is 11.9 Å². The summed E-state index contributed by atoms with van der Waals surface area (Å²) in [6.07, 6.45) is 8.82. The second-order valence-corrected chi connectivity index (χ2v) is 2.96. The number of allylic oxidation sites excluding steroid dienone is 3. The van der Waals surface area contributed by atoms with Gasteiger partial charge in [-0.25, -0.2) is 0 Å². The van der Waals surface area contributed by atoms with Crippen molar-refractivity contribution in [3.05, 3.63) is 35.7 Å². The maximum Gasteiger partial charge on any atom is 0.111 e. The average molecular weight is 173 g/mol. The Morgan fingerprint density at radius 1 is 1.46 bits per heavy atom. The van der Waals surface area contributed by atoms with Gasteiger partial charge in [0, 0.05) is 18.3 Å². The number of rotatable bonds is 1. The summed E-state index contributed by atoms with van der Waals surface area (Å²) in [6, 6.07) is 1.99. The largest absolute Gasteiger partial charge is 0.282 e. The van der Waals surface area contributed by atoms with E-state index in [9.17, 15) is 0 Å². The molecule has 0 saturated heterocycles. The van der Waals surface area contributed by atoms with E-state index in [2.05, 4.69) is 21.3 Å². The Kier molecular flexibility index (Phi) is 2.08. The molecule has 13 heavy (non-hydrogen) atoms. The van der Waals surface area contributed by atoms with Crippen LogP contribution in [0.5, 0.6) is 0 Å². The number of aryl methyl sites for hydroxylation is 1. The molecule has 0 radical (unpaired) electrons. The van der Waals surface area contributed by atoms with Gasteiger partial charge < -0.3 is 0 Å². The molecule has 0 bridgehead atoms. The van der Waals surface area contributed by atoms with Crippen molar-refractivity contribution in [3.8, 4) is 0 Å². The Bertz CT molecular complexity index is 383. The van der Waals surface area contributed by atoms with E-state index < -0.39 is 0 Å². The van der Waals surface area contributed by atoms with Crippen LogP contribution in [0.15, 0.2) is 29.3 Å². The molecule has 3 nitrogen and oxygen atoms in total. The summed E-state index contributed by atoms with van der Waals surface area (Å²) in [6.45, 7) is 1.98. The molecule has 2 heterocycles. The van der Waals surface area contributed by atoms with Crippen molar-refractivity contribution in [2.45, 2.75) is 13.3 Å². The maximum atomic E-state index is 4.30. The third-order valence-electron chi connectivity index (χ3n) is 1.83. The molecule has 0 unspecified atom stereocenters. The van der Waals surface area contributed by atoms with Gasteiger partial charge in [-0.05, 0) is 19.1 Å². The second kappa shape index (κ2) is 3.39. The van der Waals surface area contributed by atoms with Gasteiger partial charge in [-0.2, -0.15) is 5.10 Å². The molecule has 0 atom stereocenters. The van der Waals surface area contributed by atoms with Crippen LogP contribution in [-0.2, 0) is 0 Å². The minimum Gasteiger partial charge on any atom is -0.282 e. The fraction of sp³-hybridized carbons (Fsp3) is 0.200. The van der Waals surface area contributed by atoms with Crippen molar-refractivity contribution in [2.24, 2.45) is 4.99 Å². The monoisotopic (exact) mass is 173 g/mol. The van der Waals surface area contributed by atoms with Crippen LogP contribution in [0.2, 0.25) is 0 Å². The summed E-state index contributed by atoms with van der Waals surface area (Å²) in [5, 5.41) is 7.04. The van der Waals surface area contributed by atoms with E-state index in [4.69, 9.17) is 0 Å². The molecule has 66 valence electrons. The first-order valence-corrected chi connectivity index (χ1v) is 4.28. The lowest BCUT2D eigenvalue weighted by molar-refractivity contribution is 1.03. The number of nitrogens with one attached hydrogen (secondary N) is 1. The molecular weight excluding hydrogens is 162 g/mol. The van der Waals surface area contributed by atoms with Gasteiger partial charge in [-0.3, -0.25) is 10.1 Å². The second-order valence-electron chi connectivity index (χ2n) is 2.96. The zero-order chi connectivity index (χ0) is 9.10. The summed E-state index contributed by atoms with van der Waals surface area (Å²) < 4.78 is 0. The summed E-state index contributed by atoms with van der Waals surface area (Å²) in [5.41, 5.74) is 2.87. The van der Waals surface area contributed by atoms with Crippen LogP contribution in [0.3, 0.4) is 0 Å². The highest BCUT2D eigenvalue weighted by Crippen LogP contribution is 2.15. The molecule has 0 saturated carbocycles. The number of aromatic amines is 1. The molecule has 1 N–H and O–H groups in total. The molecular formula is C10H11N3. The van der Waals surface area contributed by atoms with E-state index >= 15 is 0 Å². The number of aliphatic imine (C=N–C) groups is 1. The van der Waals surface area contributed by atoms with E-state index in [0.29, 0.717) is 0 Å². The van der Waals surface area contributed by atoms with Crippen LogP contribution in [0.4, 0.5) is 0 Å². The third kappa shape index (κ3) is 1.75. The quantitative estimate of drug-likeness (QED) is 0.694. The minimum absolute atomic E-state index is 0.892. The Hall–Kier alpha value is -1.64. The molecule has 1 aromatic rings. The summed E-state index contributed by atoms with van der Waals surface area (Å²) in [4.78, 5) is 4.30. The van der Waals surface area contributed by atoms with Crippen molar-refractivity contribution < 1.29 is 0 Å². The number of aromatic nitrogens is 2. The van der Waals surface area contributed by atoms with Crippen LogP contribution in [0.1, 0.15) is 17.8 Å². The summed E-state index contributed by atoms with van der Waals surface area (Å²) in [5.74, 6) is 0. The molecule has 0 amide bonds. The van der Waals surface area contributed by atoms with Gasteiger partial charge in [0.1, 0.15) is 5.69 Å².